The van der Waals surface area contributed by atoms with Crippen LogP contribution in [0.5, 0.6) is 11.5 Å². The summed E-state index contributed by atoms with van der Waals surface area (Å²) in [6.45, 7) is 5.38. The maximum atomic E-state index is 13.4. The molecule has 0 bridgehead atoms. The van der Waals surface area contributed by atoms with Crippen LogP contribution in [-0.2, 0) is 16.4 Å². The zero-order chi connectivity index (χ0) is 22.9. The van der Waals surface area contributed by atoms with Crippen molar-refractivity contribution in [2.24, 2.45) is 0 Å². The SMILES string of the molecule is CC1(C)CC(C)(c2ccc(O)c(C(O)(C(F)(F)F)C(F)(F)F)c2)c2cc(O)ccc21. The zero-order valence-corrected chi connectivity index (χ0v) is 16.3. The molecule has 0 fully saturated rings. The first-order valence-electron chi connectivity index (χ1n) is 8.99. The molecule has 164 valence electrons. The van der Waals surface area contributed by atoms with E-state index in [1.807, 2.05) is 13.8 Å². The molecule has 1 unspecified atom stereocenters. The summed E-state index contributed by atoms with van der Waals surface area (Å²) in [4.78, 5) is 0. The van der Waals surface area contributed by atoms with Crippen molar-refractivity contribution in [2.45, 2.75) is 56.0 Å². The fraction of sp³-hybridized carbons (Fsp3) is 0.429. The van der Waals surface area contributed by atoms with E-state index in [1.165, 1.54) is 18.2 Å². The first kappa shape index (κ1) is 22.3. The minimum absolute atomic E-state index is 0.0413. The second-order valence-corrected chi connectivity index (χ2v) is 8.56. The van der Waals surface area contributed by atoms with Gasteiger partial charge in [-0.3, -0.25) is 0 Å². The number of rotatable bonds is 2. The molecule has 3 rings (SSSR count). The van der Waals surface area contributed by atoms with Gasteiger partial charge in [-0.25, -0.2) is 0 Å². The number of benzene rings is 2. The lowest BCUT2D eigenvalue weighted by Crippen LogP contribution is -2.54. The molecule has 2 aromatic rings. The second kappa shape index (κ2) is 6.29. The highest BCUT2D eigenvalue weighted by Gasteiger charge is 2.72. The fourth-order valence-corrected chi connectivity index (χ4v) is 4.55. The van der Waals surface area contributed by atoms with Crippen LogP contribution in [0.15, 0.2) is 36.4 Å². The Balaban J connectivity index is 2.29. The van der Waals surface area contributed by atoms with Gasteiger partial charge in [0, 0.05) is 11.0 Å². The first-order chi connectivity index (χ1) is 13.4. The number of hydrogen-bond acceptors (Lipinski definition) is 3. The average Bonchev–Trinajstić information content (AvgIpc) is 2.79. The minimum Gasteiger partial charge on any atom is -0.508 e. The van der Waals surface area contributed by atoms with Gasteiger partial charge in [0.1, 0.15) is 11.5 Å². The Bertz CT molecular complexity index is 979. The van der Waals surface area contributed by atoms with Gasteiger partial charge >= 0.3 is 12.4 Å². The van der Waals surface area contributed by atoms with Crippen LogP contribution >= 0.6 is 0 Å². The largest absolute Gasteiger partial charge is 0.508 e. The van der Waals surface area contributed by atoms with Crippen LogP contribution in [0, 0.1) is 0 Å². The van der Waals surface area contributed by atoms with Crippen molar-refractivity contribution in [3.8, 4) is 11.5 Å². The molecule has 1 aliphatic carbocycles. The molecule has 0 amide bonds. The topological polar surface area (TPSA) is 60.7 Å². The summed E-state index contributed by atoms with van der Waals surface area (Å²) < 4.78 is 80.2. The van der Waals surface area contributed by atoms with E-state index >= 15 is 0 Å². The zero-order valence-electron chi connectivity index (χ0n) is 16.3. The van der Waals surface area contributed by atoms with Crippen molar-refractivity contribution in [1.29, 1.82) is 0 Å². The Morgan fingerprint density at radius 1 is 0.800 bits per heavy atom. The van der Waals surface area contributed by atoms with E-state index in [-0.39, 0.29) is 11.3 Å². The van der Waals surface area contributed by atoms with Crippen LogP contribution < -0.4 is 0 Å². The van der Waals surface area contributed by atoms with Crippen LogP contribution in [0.1, 0.15) is 49.4 Å². The van der Waals surface area contributed by atoms with Gasteiger partial charge in [-0.2, -0.15) is 26.3 Å². The van der Waals surface area contributed by atoms with Crippen molar-refractivity contribution >= 4 is 0 Å². The number of aromatic hydroxyl groups is 2. The van der Waals surface area contributed by atoms with E-state index in [0.29, 0.717) is 24.1 Å². The Morgan fingerprint density at radius 3 is 1.90 bits per heavy atom. The van der Waals surface area contributed by atoms with Gasteiger partial charge in [0.15, 0.2) is 0 Å². The summed E-state index contributed by atoms with van der Waals surface area (Å²) in [5.41, 5.74) is -7.11. The molecule has 0 radical (unpaired) electrons. The molecule has 1 aliphatic rings. The molecule has 0 heterocycles. The summed E-state index contributed by atoms with van der Waals surface area (Å²) >= 11 is 0. The monoisotopic (exact) mass is 434 g/mol. The molecule has 0 saturated heterocycles. The maximum Gasteiger partial charge on any atom is 0.430 e. The van der Waals surface area contributed by atoms with E-state index in [2.05, 4.69) is 0 Å². The normalized spacial score (nSPS) is 21.5. The quantitative estimate of drug-likeness (QED) is 0.555. The predicted octanol–water partition coefficient (Wildman–Crippen LogP) is 5.40. The van der Waals surface area contributed by atoms with E-state index < -0.39 is 40.1 Å². The standard InChI is InChI=1S/C21H20F6O3/c1-17(2)10-18(3,14-9-12(28)5-6-13(14)17)11-4-7-16(29)15(8-11)19(30,20(22,23)24)21(25,26)27/h4-9,28-30H,10H2,1-3H3. The average molecular weight is 434 g/mol. The predicted molar refractivity (Wildman–Crippen MR) is 96.3 cm³/mol. The van der Waals surface area contributed by atoms with Crippen molar-refractivity contribution in [3.63, 3.8) is 0 Å². The molecule has 3 N–H and O–H groups in total. The van der Waals surface area contributed by atoms with Gasteiger partial charge in [0.05, 0.1) is 0 Å². The van der Waals surface area contributed by atoms with Crippen LogP contribution in [-0.4, -0.2) is 27.7 Å². The molecule has 0 aromatic heterocycles. The molecule has 2 aromatic carbocycles. The fourth-order valence-electron chi connectivity index (χ4n) is 4.55. The van der Waals surface area contributed by atoms with E-state index in [4.69, 9.17) is 0 Å². The lowest BCUT2D eigenvalue weighted by molar-refractivity contribution is -0.376. The Hall–Kier alpha value is -2.42. The maximum absolute atomic E-state index is 13.4. The first-order valence-corrected chi connectivity index (χ1v) is 8.99. The van der Waals surface area contributed by atoms with E-state index in [1.54, 1.807) is 13.0 Å². The molecule has 0 aliphatic heterocycles. The molecule has 0 saturated carbocycles. The summed E-state index contributed by atoms with van der Waals surface area (Å²) in [6, 6.07) is 7.04. The van der Waals surface area contributed by atoms with Gasteiger partial charge < -0.3 is 15.3 Å². The van der Waals surface area contributed by atoms with Gasteiger partial charge in [-0.1, -0.05) is 32.9 Å². The number of phenolic OH excluding ortho intramolecular Hbond substituents is 2. The lowest BCUT2D eigenvalue weighted by Gasteiger charge is -2.35. The molecule has 30 heavy (non-hydrogen) atoms. The third-order valence-electron chi connectivity index (χ3n) is 5.97. The molecular formula is C21H20F6O3. The Kier molecular flexibility index (Phi) is 4.67. The van der Waals surface area contributed by atoms with Gasteiger partial charge in [0.2, 0.25) is 0 Å². The number of alkyl halides is 6. The highest BCUT2D eigenvalue weighted by molar-refractivity contribution is 5.56. The van der Waals surface area contributed by atoms with Crippen LogP contribution in [0.25, 0.3) is 0 Å². The van der Waals surface area contributed by atoms with E-state index in [0.717, 1.165) is 5.56 Å². The third kappa shape index (κ3) is 3.02. The number of hydrogen-bond donors (Lipinski definition) is 3. The number of halogens is 6. The summed E-state index contributed by atoms with van der Waals surface area (Å²) in [6.07, 6.45) is -11.9. The highest BCUT2D eigenvalue weighted by atomic mass is 19.4. The minimum atomic E-state index is -6.12. The highest BCUT2D eigenvalue weighted by Crippen LogP contribution is 2.56. The summed E-state index contributed by atoms with van der Waals surface area (Å²) in [7, 11) is 0. The Morgan fingerprint density at radius 2 is 1.37 bits per heavy atom. The van der Waals surface area contributed by atoms with Crippen molar-refractivity contribution in [2.75, 3.05) is 0 Å². The lowest BCUT2D eigenvalue weighted by atomic mass is 9.73. The summed E-state index contributed by atoms with van der Waals surface area (Å²) in [5, 5.41) is 29.6. The van der Waals surface area contributed by atoms with Gasteiger partial charge in [-0.05, 0) is 52.8 Å². The Labute approximate surface area is 168 Å². The molecule has 3 nitrogen and oxygen atoms in total. The molecule has 0 spiro atoms. The second-order valence-electron chi connectivity index (χ2n) is 8.56. The van der Waals surface area contributed by atoms with E-state index in [9.17, 15) is 41.7 Å². The van der Waals surface area contributed by atoms with Gasteiger partial charge in [-0.15, -0.1) is 0 Å². The molecule has 9 heteroatoms. The number of phenols is 2. The molecular weight excluding hydrogens is 414 g/mol. The van der Waals surface area contributed by atoms with Crippen LogP contribution in [0.4, 0.5) is 26.3 Å². The number of fused-ring (bicyclic) bond motifs is 1. The smallest absolute Gasteiger partial charge is 0.430 e. The number of aliphatic hydroxyl groups is 1. The van der Waals surface area contributed by atoms with Gasteiger partial charge in [0.25, 0.3) is 5.60 Å². The van der Waals surface area contributed by atoms with Crippen molar-refractivity contribution in [1.82, 2.24) is 0 Å². The van der Waals surface area contributed by atoms with Crippen molar-refractivity contribution < 1.29 is 41.7 Å². The summed E-state index contributed by atoms with van der Waals surface area (Å²) in [5.74, 6) is -1.42. The molecule has 1 atom stereocenters. The van der Waals surface area contributed by atoms with Crippen LogP contribution in [0.2, 0.25) is 0 Å². The van der Waals surface area contributed by atoms with Crippen molar-refractivity contribution in [3.05, 3.63) is 58.7 Å². The van der Waals surface area contributed by atoms with Crippen LogP contribution in [0.3, 0.4) is 0 Å². The third-order valence-corrected chi connectivity index (χ3v) is 5.97.